The van der Waals surface area contributed by atoms with E-state index in [0.29, 0.717) is 6.61 Å². The zero-order valence-corrected chi connectivity index (χ0v) is 11.8. The van der Waals surface area contributed by atoms with Gasteiger partial charge in [-0.3, -0.25) is 20.4 Å². The molecule has 0 aromatic carbocycles. The Labute approximate surface area is 110 Å². The smallest absolute Gasteiger partial charge is 0.261 e. The van der Waals surface area contributed by atoms with Crippen molar-refractivity contribution in [1.29, 1.82) is 0 Å². The molecule has 0 aromatic rings. The van der Waals surface area contributed by atoms with Crippen molar-refractivity contribution in [2.24, 2.45) is 4.99 Å². The lowest BCUT2D eigenvalue weighted by molar-refractivity contribution is -0.113. The van der Waals surface area contributed by atoms with E-state index in [9.17, 15) is 4.79 Å². The van der Waals surface area contributed by atoms with E-state index in [0.717, 1.165) is 19.4 Å². The molecule has 0 spiro atoms. The summed E-state index contributed by atoms with van der Waals surface area (Å²) in [6.45, 7) is 5.56. The number of nitrogens with one attached hydrogen (secondary N) is 3. The number of carbonyl (C=O) groups excluding carboxylic acids is 1. The van der Waals surface area contributed by atoms with Crippen molar-refractivity contribution in [3.63, 3.8) is 0 Å². The van der Waals surface area contributed by atoms with Crippen LogP contribution < -0.4 is 16.0 Å². The van der Waals surface area contributed by atoms with Crippen molar-refractivity contribution in [2.45, 2.75) is 39.0 Å². The third-order valence-electron chi connectivity index (χ3n) is 2.38. The molecular formula is C12H26N4O2. The van der Waals surface area contributed by atoms with Gasteiger partial charge >= 0.3 is 0 Å². The van der Waals surface area contributed by atoms with Crippen LogP contribution in [-0.4, -0.2) is 51.8 Å². The van der Waals surface area contributed by atoms with Gasteiger partial charge in [0.2, 0.25) is 0 Å². The number of nitrogens with zero attached hydrogens (tertiary/aromatic N) is 1. The predicted octanol–water partition coefficient (Wildman–Crippen LogP) is 0.101. The largest absolute Gasteiger partial charge is 0.383 e. The van der Waals surface area contributed by atoms with E-state index in [1.54, 1.807) is 14.2 Å². The van der Waals surface area contributed by atoms with Crippen LogP contribution in [0.15, 0.2) is 4.99 Å². The number of methoxy groups -OCH3 is 1. The monoisotopic (exact) mass is 258 g/mol. The molecule has 0 aliphatic heterocycles. The molecule has 0 fully saturated rings. The molecule has 2 atom stereocenters. The lowest BCUT2D eigenvalue weighted by Gasteiger charge is -2.20. The topological polar surface area (TPSA) is 74.8 Å². The Morgan fingerprint density at radius 2 is 2.22 bits per heavy atom. The fourth-order valence-corrected chi connectivity index (χ4v) is 1.42. The van der Waals surface area contributed by atoms with E-state index in [4.69, 9.17) is 4.74 Å². The second kappa shape index (κ2) is 11.1. The van der Waals surface area contributed by atoms with Crippen LogP contribution in [0.2, 0.25) is 0 Å². The molecule has 0 saturated heterocycles. The number of carbonyl (C=O) groups is 1. The fraction of sp³-hybridized carbons (Fsp3) is 0.833. The van der Waals surface area contributed by atoms with Gasteiger partial charge in [-0.25, -0.2) is 0 Å². The Kier molecular flexibility index (Phi) is 10.5. The summed E-state index contributed by atoms with van der Waals surface area (Å²) < 4.78 is 4.97. The molecule has 6 heteroatoms. The Morgan fingerprint density at radius 1 is 1.50 bits per heavy atom. The van der Waals surface area contributed by atoms with Gasteiger partial charge in [0, 0.05) is 20.7 Å². The minimum atomic E-state index is -0.183. The van der Waals surface area contributed by atoms with E-state index in [-0.39, 0.29) is 18.2 Å². The standard InChI is InChI=1S/C12H26N4O2/c1-5-6-11(15-9-12(17)13-3)16-10(2)14-7-8-18-4/h9-11,14,16H,5-8H2,1-4H3,(H,13,17). The maximum absolute atomic E-state index is 11.1. The minimum absolute atomic E-state index is 0.0441. The van der Waals surface area contributed by atoms with Crippen molar-refractivity contribution >= 4 is 12.1 Å². The highest BCUT2D eigenvalue weighted by Crippen LogP contribution is 1.98. The first-order valence-corrected chi connectivity index (χ1v) is 6.37. The van der Waals surface area contributed by atoms with E-state index < -0.39 is 0 Å². The van der Waals surface area contributed by atoms with Gasteiger partial charge in [-0.2, -0.15) is 0 Å². The summed E-state index contributed by atoms with van der Waals surface area (Å²) in [4.78, 5) is 15.3. The maximum atomic E-state index is 11.1. The van der Waals surface area contributed by atoms with Gasteiger partial charge in [-0.15, -0.1) is 0 Å². The summed E-state index contributed by atoms with van der Waals surface area (Å²) in [5.41, 5.74) is 0. The minimum Gasteiger partial charge on any atom is -0.383 e. The van der Waals surface area contributed by atoms with Gasteiger partial charge in [-0.05, 0) is 13.3 Å². The van der Waals surface area contributed by atoms with Crippen molar-refractivity contribution in [2.75, 3.05) is 27.3 Å². The second-order valence-electron chi connectivity index (χ2n) is 4.03. The molecule has 0 aliphatic carbocycles. The third kappa shape index (κ3) is 9.09. The van der Waals surface area contributed by atoms with Gasteiger partial charge in [0.1, 0.15) is 6.17 Å². The van der Waals surface area contributed by atoms with Gasteiger partial charge in [0.15, 0.2) is 0 Å². The average molecular weight is 258 g/mol. The van der Waals surface area contributed by atoms with Crippen LogP contribution in [-0.2, 0) is 9.53 Å². The summed E-state index contributed by atoms with van der Waals surface area (Å²) >= 11 is 0. The Hall–Kier alpha value is -0.980. The molecule has 6 nitrogen and oxygen atoms in total. The second-order valence-corrected chi connectivity index (χ2v) is 4.03. The molecule has 18 heavy (non-hydrogen) atoms. The molecule has 0 radical (unpaired) electrons. The van der Waals surface area contributed by atoms with E-state index in [1.807, 2.05) is 6.92 Å². The van der Waals surface area contributed by atoms with Gasteiger partial charge < -0.3 is 10.1 Å². The van der Waals surface area contributed by atoms with Gasteiger partial charge in [0.05, 0.1) is 19.0 Å². The number of hydrogen-bond donors (Lipinski definition) is 3. The molecule has 0 aliphatic rings. The van der Waals surface area contributed by atoms with Crippen LogP contribution in [0.1, 0.15) is 26.7 Å². The number of hydrogen-bond acceptors (Lipinski definition) is 5. The quantitative estimate of drug-likeness (QED) is 0.295. The number of rotatable bonds is 10. The summed E-state index contributed by atoms with van der Waals surface area (Å²) in [7, 11) is 3.26. The molecule has 2 unspecified atom stereocenters. The normalized spacial score (nSPS) is 14.7. The van der Waals surface area contributed by atoms with Crippen LogP contribution in [0, 0.1) is 0 Å². The molecule has 106 valence electrons. The number of aliphatic imine (C=N–C) groups is 1. The summed E-state index contributed by atoms with van der Waals surface area (Å²) in [6, 6.07) is 0. The van der Waals surface area contributed by atoms with Crippen LogP contribution in [0.3, 0.4) is 0 Å². The van der Waals surface area contributed by atoms with Crippen molar-refractivity contribution in [1.82, 2.24) is 16.0 Å². The molecule has 0 rings (SSSR count). The van der Waals surface area contributed by atoms with Crippen LogP contribution in [0.5, 0.6) is 0 Å². The van der Waals surface area contributed by atoms with Crippen LogP contribution >= 0.6 is 0 Å². The summed E-state index contributed by atoms with van der Waals surface area (Å²) in [5, 5.41) is 9.08. The molecule has 0 bridgehead atoms. The first-order chi connectivity index (χ1) is 8.63. The van der Waals surface area contributed by atoms with E-state index in [2.05, 4.69) is 27.9 Å². The van der Waals surface area contributed by atoms with Gasteiger partial charge in [0.25, 0.3) is 5.91 Å². The summed E-state index contributed by atoms with van der Waals surface area (Å²) in [5.74, 6) is -0.183. The highest BCUT2D eigenvalue weighted by atomic mass is 16.5. The molecule has 0 heterocycles. The van der Waals surface area contributed by atoms with Crippen molar-refractivity contribution in [3.05, 3.63) is 0 Å². The molecule has 0 aromatic heterocycles. The van der Waals surface area contributed by atoms with Crippen LogP contribution in [0.25, 0.3) is 0 Å². The first-order valence-electron chi connectivity index (χ1n) is 6.37. The van der Waals surface area contributed by atoms with Crippen LogP contribution in [0.4, 0.5) is 0 Å². The van der Waals surface area contributed by atoms with Crippen molar-refractivity contribution in [3.8, 4) is 0 Å². The van der Waals surface area contributed by atoms with Crippen molar-refractivity contribution < 1.29 is 9.53 Å². The van der Waals surface area contributed by atoms with E-state index in [1.165, 1.54) is 6.21 Å². The Morgan fingerprint density at radius 3 is 2.78 bits per heavy atom. The lowest BCUT2D eigenvalue weighted by Crippen LogP contribution is -2.45. The number of amides is 1. The highest BCUT2D eigenvalue weighted by molar-refractivity contribution is 6.26. The molecular weight excluding hydrogens is 232 g/mol. The number of ether oxygens (including phenoxy) is 1. The molecule has 3 N–H and O–H groups in total. The SMILES string of the molecule is CCCC(N=CC(=O)NC)NC(C)NCCOC. The predicted molar refractivity (Wildman–Crippen MR) is 73.7 cm³/mol. The highest BCUT2D eigenvalue weighted by Gasteiger charge is 2.08. The molecule has 0 saturated carbocycles. The van der Waals surface area contributed by atoms with Gasteiger partial charge in [-0.1, -0.05) is 13.3 Å². The van der Waals surface area contributed by atoms with E-state index >= 15 is 0 Å². The maximum Gasteiger partial charge on any atom is 0.261 e. The zero-order chi connectivity index (χ0) is 13.8. The third-order valence-corrected chi connectivity index (χ3v) is 2.38. The molecule has 1 amide bonds. The Balaban J connectivity index is 4.08. The lowest BCUT2D eigenvalue weighted by atomic mass is 10.2. The average Bonchev–Trinajstić information content (AvgIpc) is 2.36. The summed E-state index contributed by atoms with van der Waals surface area (Å²) in [6.07, 6.45) is 3.31. The fourth-order valence-electron chi connectivity index (χ4n) is 1.42. The zero-order valence-electron chi connectivity index (χ0n) is 11.8. The first kappa shape index (κ1) is 17.0. The Bertz CT molecular complexity index is 246.